The summed E-state index contributed by atoms with van der Waals surface area (Å²) in [6, 6.07) is 0.792. The van der Waals surface area contributed by atoms with Gasteiger partial charge in [0.05, 0.1) is 0 Å². The highest BCUT2D eigenvalue weighted by Crippen LogP contribution is 2.17. The highest BCUT2D eigenvalue weighted by molar-refractivity contribution is 4.75. The van der Waals surface area contributed by atoms with E-state index in [1.165, 1.54) is 25.8 Å². The summed E-state index contributed by atoms with van der Waals surface area (Å²) in [6.45, 7) is 6.18. The molecule has 1 aliphatic heterocycles. The molecule has 0 bridgehead atoms. The molecule has 1 aliphatic rings. The summed E-state index contributed by atoms with van der Waals surface area (Å²) in [4.78, 5) is 2.43. The fraction of sp³-hybridized carbons (Fsp3) is 1.00. The highest BCUT2D eigenvalue weighted by atomic mass is 16.5. The summed E-state index contributed by atoms with van der Waals surface area (Å²) in [6.07, 6.45) is 3.93. The Balaban J connectivity index is 0.000000561. The van der Waals surface area contributed by atoms with Crippen LogP contribution < -0.4 is 0 Å². The number of likely N-dealkylation sites (tertiary alicyclic amines) is 1. The average Bonchev–Trinajstić information content (AvgIpc) is 2.51. The molecule has 0 aromatic heterocycles. The van der Waals surface area contributed by atoms with Crippen LogP contribution >= 0.6 is 0 Å². The lowest BCUT2D eigenvalue weighted by Gasteiger charge is -2.18. The molecule has 1 rings (SSSR count). The number of nitrogens with zero attached hydrogens (tertiary/aromatic N) is 1. The van der Waals surface area contributed by atoms with Crippen LogP contribution in [0.4, 0.5) is 0 Å². The first kappa shape index (κ1) is 11.9. The Morgan fingerprint density at radius 1 is 1.42 bits per heavy atom. The molecule has 12 heavy (non-hydrogen) atoms. The Kier molecular flexibility index (Phi) is 7.51. The Hall–Kier alpha value is -0.0800. The fourth-order valence-electron chi connectivity index (χ4n) is 1.60. The van der Waals surface area contributed by atoms with E-state index >= 15 is 0 Å². The second kappa shape index (κ2) is 7.56. The van der Waals surface area contributed by atoms with E-state index < -0.39 is 0 Å². The van der Waals surface area contributed by atoms with E-state index in [-0.39, 0.29) is 0 Å². The number of methoxy groups -OCH3 is 1. The van der Waals surface area contributed by atoms with Crippen LogP contribution in [0.25, 0.3) is 0 Å². The molecule has 1 heterocycles. The Labute approximate surface area is 76.9 Å². The molecular formula is C10H23NO. The molecule has 1 atom stereocenters. The van der Waals surface area contributed by atoms with Gasteiger partial charge in [0, 0.05) is 19.8 Å². The fourth-order valence-corrected chi connectivity index (χ4v) is 1.60. The van der Waals surface area contributed by atoms with E-state index in [4.69, 9.17) is 4.74 Å². The van der Waals surface area contributed by atoms with Gasteiger partial charge in [0.15, 0.2) is 0 Å². The van der Waals surface area contributed by atoms with Crippen molar-refractivity contribution in [2.24, 2.45) is 0 Å². The largest absolute Gasteiger partial charge is 0.385 e. The highest BCUT2D eigenvalue weighted by Gasteiger charge is 2.19. The van der Waals surface area contributed by atoms with Crippen molar-refractivity contribution in [1.82, 2.24) is 4.90 Å². The topological polar surface area (TPSA) is 12.5 Å². The average molecular weight is 173 g/mol. The van der Waals surface area contributed by atoms with E-state index in [2.05, 4.69) is 11.9 Å². The molecule has 0 saturated carbocycles. The molecule has 0 aliphatic carbocycles. The number of ether oxygens (including phenoxy) is 1. The molecule has 0 radical (unpaired) electrons. The Bertz CT molecular complexity index is 95.8. The molecule has 74 valence electrons. The van der Waals surface area contributed by atoms with Crippen molar-refractivity contribution in [1.29, 1.82) is 0 Å². The number of hydrogen-bond acceptors (Lipinski definition) is 2. The molecule has 0 aromatic carbocycles. The molecule has 1 saturated heterocycles. The first-order valence-corrected chi connectivity index (χ1v) is 5.04. The van der Waals surface area contributed by atoms with Gasteiger partial charge in [-0.3, -0.25) is 0 Å². The first-order chi connectivity index (χ1) is 5.84. The zero-order valence-electron chi connectivity index (χ0n) is 8.97. The smallest absolute Gasteiger partial charge is 0.0477 e. The van der Waals surface area contributed by atoms with Gasteiger partial charge in [0.25, 0.3) is 0 Å². The molecule has 0 amide bonds. The van der Waals surface area contributed by atoms with Gasteiger partial charge in [-0.25, -0.2) is 0 Å². The van der Waals surface area contributed by atoms with Crippen LogP contribution in [0.1, 0.15) is 33.1 Å². The van der Waals surface area contributed by atoms with Gasteiger partial charge in [-0.2, -0.15) is 0 Å². The molecule has 1 fully saturated rings. The minimum absolute atomic E-state index is 0.792. The van der Waals surface area contributed by atoms with Crippen LogP contribution in [-0.4, -0.2) is 38.3 Å². The van der Waals surface area contributed by atoms with Gasteiger partial charge in [-0.15, -0.1) is 0 Å². The lowest BCUT2D eigenvalue weighted by Crippen LogP contribution is -2.25. The summed E-state index contributed by atoms with van der Waals surface area (Å²) in [7, 11) is 3.97. The van der Waals surface area contributed by atoms with Gasteiger partial charge in [-0.05, 0) is 32.9 Å². The van der Waals surface area contributed by atoms with Crippen LogP contribution in [0.5, 0.6) is 0 Å². The molecular weight excluding hydrogens is 150 g/mol. The third-order valence-corrected chi connectivity index (χ3v) is 2.33. The predicted molar refractivity (Wildman–Crippen MR) is 53.5 cm³/mol. The standard InChI is InChI=1S/C8H17NO.C2H6/c1-9-6-3-4-8(9)5-7-10-2;1-2/h8H,3-7H2,1-2H3;1-2H3/t8-;/m1./s1. The summed E-state index contributed by atoms with van der Waals surface area (Å²) in [5.74, 6) is 0. The maximum absolute atomic E-state index is 5.03. The minimum atomic E-state index is 0.792. The third-order valence-electron chi connectivity index (χ3n) is 2.33. The van der Waals surface area contributed by atoms with Gasteiger partial charge in [0.2, 0.25) is 0 Å². The normalized spacial score (nSPS) is 23.5. The first-order valence-electron chi connectivity index (χ1n) is 5.04. The summed E-state index contributed by atoms with van der Waals surface area (Å²) in [5, 5.41) is 0. The molecule has 2 nitrogen and oxygen atoms in total. The lowest BCUT2D eigenvalue weighted by molar-refractivity contribution is 0.163. The van der Waals surface area contributed by atoms with Crippen LogP contribution in [0.2, 0.25) is 0 Å². The van der Waals surface area contributed by atoms with Crippen molar-refractivity contribution < 1.29 is 4.74 Å². The number of rotatable bonds is 3. The number of hydrogen-bond donors (Lipinski definition) is 0. The SMILES string of the molecule is CC.COCC[C@H]1CCCN1C. The van der Waals surface area contributed by atoms with Crippen molar-refractivity contribution in [2.75, 3.05) is 27.3 Å². The summed E-state index contributed by atoms with van der Waals surface area (Å²) < 4.78 is 5.03. The summed E-state index contributed by atoms with van der Waals surface area (Å²) in [5.41, 5.74) is 0. The van der Waals surface area contributed by atoms with Gasteiger partial charge in [0.1, 0.15) is 0 Å². The monoisotopic (exact) mass is 173 g/mol. The van der Waals surface area contributed by atoms with Crippen LogP contribution in [0, 0.1) is 0 Å². The van der Waals surface area contributed by atoms with Crippen LogP contribution in [0.15, 0.2) is 0 Å². The molecule has 0 aromatic rings. The van der Waals surface area contributed by atoms with Gasteiger partial charge >= 0.3 is 0 Å². The molecule has 0 spiro atoms. The third kappa shape index (κ3) is 4.07. The Morgan fingerprint density at radius 3 is 2.50 bits per heavy atom. The maximum atomic E-state index is 5.03. The van der Waals surface area contributed by atoms with E-state index in [0.29, 0.717) is 0 Å². The predicted octanol–water partition coefficient (Wildman–Crippen LogP) is 2.14. The van der Waals surface area contributed by atoms with E-state index in [1.807, 2.05) is 13.8 Å². The zero-order chi connectivity index (χ0) is 9.40. The van der Waals surface area contributed by atoms with Crippen molar-refractivity contribution >= 4 is 0 Å². The van der Waals surface area contributed by atoms with Gasteiger partial charge in [-0.1, -0.05) is 13.8 Å². The van der Waals surface area contributed by atoms with E-state index in [1.54, 1.807) is 7.11 Å². The van der Waals surface area contributed by atoms with E-state index in [9.17, 15) is 0 Å². The van der Waals surface area contributed by atoms with Gasteiger partial charge < -0.3 is 9.64 Å². The Morgan fingerprint density at radius 2 is 2.08 bits per heavy atom. The second-order valence-electron chi connectivity index (χ2n) is 3.06. The van der Waals surface area contributed by atoms with Crippen LogP contribution in [-0.2, 0) is 4.74 Å². The zero-order valence-corrected chi connectivity index (χ0v) is 8.97. The van der Waals surface area contributed by atoms with Crippen molar-refractivity contribution in [2.45, 2.75) is 39.2 Å². The van der Waals surface area contributed by atoms with Crippen LogP contribution in [0.3, 0.4) is 0 Å². The lowest BCUT2D eigenvalue weighted by atomic mass is 10.2. The van der Waals surface area contributed by atoms with Crippen molar-refractivity contribution in [3.05, 3.63) is 0 Å². The maximum Gasteiger partial charge on any atom is 0.0477 e. The van der Waals surface area contributed by atoms with Crippen molar-refractivity contribution in [3.63, 3.8) is 0 Å². The molecule has 0 N–H and O–H groups in total. The summed E-state index contributed by atoms with van der Waals surface area (Å²) >= 11 is 0. The van der Waals surface area contributed by atoms with E-state index in [0.717, 1.165) is 12.6 Å². The quantitative estimate of drug-likeness (QED) is 0.648. The van der Waals surface area contributed by atoms with Crippen molar-refractivity contribution in [3.8, 4) is 0 Å². The second-order valence-corrected chi connectivity index (χ2v) is 3.06. The minimum Gasteiger partial charge on any atom is -0.385 e. The molecule has 0 unspecified atom stereocenters. The molecule has 2 heteroatoms.